The molecule has 0 bridgehead atoms. The highest BCUT2D eigenvalue weighted by Gasteiger charge is 2.09. The van der Waals surface area contributed by atoms with Crippen molar-refractivity contribution in [2.75, 3.05) is 14.2 Å². The predicted molar refractivity (Wildman–Crippen MR) is 67.1 cm³/mol. The van der Waals surface area contributed by atoms with E-state index in [9.17, 15) is 0 Å². The number of nitrogens with zero attached hydrogens (tertiary/aromatic N) is 3. The first-order valence-electron chi connectivity index (χ1n) is 4.98. The van der Waals surface area contributed by atoms with Crippen LogP contribution >= 0.6 is 15.9 Å². The Morgan fingerprint density at radius 2 is 1.56 bits per heavy atom. The van der Waals surface area contributed by atoms with Crippen LogP contribution in [0.15, 0.2) is 28.7 Å². The first-order valence-corrected chi connectivity index (χ1v) is 5.78. The Morgan fingerprint density at radius 3 is 2.11 bits per heavy atom. The van der Waals surface area contributed by atoms with E-state index in [4.69, 9.17) is 14.2 Å². The van der Waals surface area contributed by atoms with Gasteiger partial charge in [0.05, 0.1) is 14.2 Å². The SMILES string of the molecule is COc1nc(OC)nc(Oc2cccc(Br)c2)n1. The molecule has 0 saturated carbocycles. The van der Waals surface area contributed by atoms with Gasteiger partial charge in [0.15, 0.2) is 0 Å². The Kier molecular flexibility index (Phi) is 3.93. The Labute approximate surface area is 112 Å². The molecule has 6 nitrogen and oxygen atoms in total. The zero-order chi connectivity index (χ0) is 13.0. The largest absolute Gasteiger partial charge is 0.467 e. The summed E-state index contributed by atoms with van der Waals surface area (Å²) < 4.78 is 16.2. The summed E-state index contributed by atoms with van der Waals surface area (Å²) in [6.45, 7) is 0. The number of halogens is 1. The van der Waals surface area contributed by atoms with Crippen LogP contribution in [0.3, 0.4) is 0 Å². The summed E-state index contributed by atoms with van der Waals surface area (Å²) in [6.07, 6.45) is 0. The molecule has 0 atom stereocenters. The minimum absolute atomic E-state index is 0.108. The molecule has 0 aliphatic heterocycles. The lowest BCUT2D eigenvalue weighted by Gasteiger charge is -2.06. The molecule has 0 fully saturated rings. The average Bonchev–Trinajstić information content (AvgIpc) is 2.38. The Morgan fingerprint density at radius 1 is 0.944 bits per heavy atom. The second-order valence-corrected chi connectivity index (χ2v) is 4.07. The van der Waals surface area contributed by atoms with E-state index >= 15 is 0 Å². The highest BCUT2D eigenvalue weighted by molar-refractivity contribution is 9.10. The lowest BCUT2D eigenvalue weighted by atomic mass is 10.3. The minimum Gasteiger partial charge on any atom is -0.467 e. The second kappa shape index (κ2) is 5.63. The molecular formula is C11H10BrN3O3. The fourth-order valence-corrected chi connectivity index (χ4v) is 1.56. The van der Waals surface area contributed by atoms with Crippen LogP contribution in [-0.2, 0) is 0 Å². The topological polar surface area (TPSA) is 66.4 Å². The third-order valence-corrected chi connectivity index (χ3v) is 2.44. The normalized spacial score (nSPS) is 9.94. The molecule has 0 aliphatic rings. The van der Waals surface area contributed by atoms with Crippen LogP contribution in [0.1, 0.15) is 0 Å². The fourth-order valence-electron chi connectivity index (χ4n) is 1.18. The zero-order valence-electron chi connectivity index (χ0n) is 9.75. The minimum atomic E-state index is 0.108. The van der Waals surface area contributed by atoms with Crippen LogP contribution in [0.25, 0.3) is 0 Å². The van der Waals surface area contributed by atoms with E-state index in [2.05, 4.69) is 30.9 Å². The van der Waals surface area contributed by atoms with Crippen LogP contribution in [0, 0.1) is 0 Å². The third kappa shape index (κ3) is 3.07. The first-order chi connectivity index (χ1) is 8.71. The molecule has 7 heteroatoms. The average molecular weight is 312 g/mol. The van der Waals surface area contributed by atoms with Gasteiger partial charge < -0.3 is 14.2 Å². The van der Waals surface area contributed by atoms with Gasteiger partial charge in [-0.15, -0.1) is 15.0 Å². The smallest absolute Gasteiger partial charge is 0.331 e. The predicted octanol–water partition coefficient (Wildman–Crippen LogP) is 2.44. The van der Waals surface area contributed by atoms with E-state index < -0.39 is 0 Å². The molecule has 2 rings (SSSR count). The van der Waals surface area contributed by atoms with Gasteiger partial charge >= 0.3 is 18.0 Å². The van der Waals surface area contributed by atoms with Gasteiger partial charge in [0.2, 0.25) is 0 Å². The Balaban J connectivity index is 2.28. The van der Waals surface area contributed by atoms with Gasteiger partial charge in [-0.25, -0.2) is 0 Å². The molecule has 0 saturated heterocycles. The van der Waals surface area contributed by atoms with Crippen LogP contribution in [0.4, 0.5) is 0 Å². The van der Waals surface area contributed by atoms with Gasteiger partial charge in [0, 0.05) is 4.47 Å². The standard InChI is InChI=1S/C11H10BrN3O3/c1-16-9-13-10(17-2)15-11(14-9)18-8-5-3-4-7(12)6-8/h3-6H,1-2H3. The van der Waals surface area contributed by atoms with E-state index in [0.29, 0.717) is 5.75 Å². The van der Waals surface area contributed by atoms with Gasteiger partial charge in [0.1, 0.15) is 5.75 Å². The molecule has 0 spiro atoms. The van der Waals surface area contributed by atoms with Crippen molar-refractivity contribution in [1.82, 2.24) is 15.0 Å². The molecule has 0 aliphatic carbocycles. The molecule has 0 radical (unpaired) electrons. The number of ether oxygens (including phenoxy) is 3. The maximum absolute atomic E-state index is 5.49. The molecule has 0 unspecified atom stereocenters. The fraction of sp³-hybridized carbons (Fsp3) is 0.182. The molecule has 1 heterocycles. The van der Waals surface area contributed by atoms with Crippen molar-refractivity contribution in [3.8, 4) is 23.8 Å². The van der Waals surface area contributed by atoms with Crippen molar-refractivity contribution in [2.45, 2.75) is 0 Å². The van der Waals surface area contributed by atoms with Gasteiger partial charge in [0.25, 0.3) is 0 Å². The molecular weight excluding hydrogens is 302 g/mol. The highest BCUT2D eigenvalue weighted by Crippen LogP contribution is 2.23. The summed E-state index contributed by atoms with van der Waals surface area (Å²) in [5, 5.41) is 0. The summed E-state index contributed by atoms with van der Waals surface area (Å²) in [5.41, 5.74) is 0. The summed E-state index contributed by atoms with van der Waals surface area (Å²) in [4.78, 5) is 11.8. The maximum Gasteiger partial charge on any atom is 0.331 e. The van der Waals surface area contributed by atoms with E-state index in [-0.39, 0.29) is 18.0 Å². The van der Waals surface area contributed by atoms with Gasteiger partial charge in [-0.05, 0) is 18.2 Å². The monoisotopic (exact) mass is 311 g/mol. The molecule has 2 aromatic rings. The second-order valence-electron chi connectivity index (χ2n) is 3.15. The summed E-state index contributed by atoms with van der Waals surface area (Å²) >= 11 is 3.35. The van der Waals surface area contributed by atoms with Crippen molar-refractivity contribution in [1.29, 1.82) is 0 Å². The summed E-state index contributed by atoms with van der Waals surface area (Å²) in [5.74, 6) is 0.597. The van der Waals surface area contributed by atoms with E-state index in [1.165, 1.54) is 14.2 Å². The van der Waals surface area contributed by atoms with Crippen LogP contribution in [0.2, 0.25) is 0 Å². The molecule has 0 amide bonds. The molecule has 18 heavy (non-hydrogen) atoms. The number of hydrogen-bond donors (Lipinski definition) is 0. The Bertz CT molecular complexity index is 529. The lowest BCUT2D eigenvalue weighted by molar-refractivity contribution is 0.320. The zero-order valence-corrected chi connectivity index (χ0v) is 11.3. The van der Waals surface area contributed by atoms with E-state index in [1.54, 1.807) is 12.1 Å². The van der Waals surface area contributed by atoms with Gasteiger partial charge in [-0.1, -0.05) is 22.0 Å². The quantitative estimate of drug-likeness (QED) is 0.864. The summed E-state index contributed by atoms with van der Waals surface area (Å²) in [6, 6.07) is 7.68. The molecule has 0 N–H and O–H groups in total. The number of hydrogen-bond acceptors (Lipinski definition) is 6. The molecule has 94 valence electrons. The number of methoxy groups -OCH3 is 2. The van der Waals surface area contributed by atoms with E-state index in [0.717, 1.165) is 4.47 Å². The summed E-state index contributed by atoms with van der Waals surface area (Å²) in [7, 11) is 2.91. The lowest BCUT2D eigenvalue weighted by Crippen LogP contribution is -2.01. The number of benzene rings is 1. The van der Waals surface area contributed by atoms with Gasteiger partial charge in [-0.2, -0.15) is 0 Å². The number of rotatable bonds is 4. The number of aromatic nitrogens is 3. The van der Waals surface area contributed by atoms with Crippen LogP contribution in [-0.4, -0.2) is 29.2 Å². The maximum atomic E-state index is 5.49. The van der Waals surface area contributed by atoms with Crippen LogP contribution < -0.4 is 14.2 Å². The van der Waals surface area contributed by atoms with E-state index in [1.807, 2.05) is 12.1 Å². The Hall–Kier alpha value is -1.89. The van der Waals surface area contributed by atoms with Crippen molar-refractivity contribution >= 4 is 15.9 Å². The first kappa shape index (κ1) is 12.6. The van der Waals surface area contributed by atoms with Gasteiger partial charge in [-0.3, -0.25) is 0 Å². The van der Waals surface area contributed by atoms with Crippen LogP contribution in [0.5, 0.6) is 23.8 Å². The van der Waals surface area contributed by atoms with Crippen molar-refractivity contribution in [3.63, 3.8) is 0 Å². The van der Waals surface area contributed by atoms with Crippen molar-refractivity contribution in [3.05, 3.63) is 28.7 Å². The third-order valence-electron chi connectivity index (χ3n) is 1.94. The highest BCUT2D eigenvalue weighted by atomic mass is 79.9. The molecule has 1 aromatic heterocycles. The molecule has 1 aromatic carbocycles. The van der Waals surface area contributed by atoms with Crippen molar-refractivity contribution < 1.29 is 14.2 Å². The van der Waals surface area contributed by atoms with Crippen molar-refractivity contribution in [2.24, 2.45) is 0 Å².